The number of fused-ring (bicyclic) bond motifs is 1. The first-order valence-corrected chi connectivity index (χ1v) is 12.8. The number of rotatable bonds is 7. The summed E-state index contributed by atoms with van der Waals surface area (Å²) in [6.07, 6.45) is 7.25. The Morgan fingerprint density at radius 3 is 2.57 bits per heavy atom. The summed E-state index contributed by atoms with van der Waals surface area (Å²) in [5.41, 5.74) is 2.04. The van der Waals surface area contributed by atoms with Gasteiger partial charge in [-0.2, -0.15) is 0 Å². The molecule has 1 heterocycles. The molecule has 6 nitrogen and oxygen atoms in total. The van der Waals surface area contributed by atoms with Crippen molar-refractivity contribution in [3.63, 3.8) is 0 Å². The van der Waals surface area contributed by atoms with E-state index in [1.807, 2.05) is 6.92 Å². The molecule has 0 radical (unpaired) electrons. The predicted molar refractivity (Wildman–Crippen MR) is 136 cm³/mol. The minimum absolute atomic E-state index is 0.00415. The number of allylic oxidation sites excluding steroid dienone is 2. The lowest BCUT2D eigenvalue weighted by Crippen LogP contribution is -2.57. The number of hydrogen-bond acceptors (Lipinski definition) is 6. The van der Waals surface area contributed by atoms with Crippen LogP contribution in [0.25, 0.3) is 0 Å². The molecule has 2 saturated carbocycles. The third-order valence-corrected chi connectivity index (χ3v) is 9.12. The molecule has 0 aromatic carbocycles. The molecule has 0 spiro atoms. The van der Waals surface area contributed by atoms with E-state index in [1.54, 1.807) is 13.8 Å². The van der Waals surface area contributed by atoms with Gasteiger partial charge in [0.25, 0.3) is 0 Å². The second-order valence-corrected chi connectivity index (χ2v) is 11.3. The van der Waals surface area contributed by atoms with Gasteiger partial charge in [0.1, 0.15) is 17.6 Å². The molecule has 194 valence electrons. The van der Waals surface area contributed by atoms with Crippen molar-refractivity contribution in [1.82, 2.24) is 0 Å². The Bertz CT molecular complexity index is 1070. The molecule has 0 saturated heterocycles. The van der Waals surface area contributed by atoms with Gasteiger partial charge in [-0.1, -0.05) is 37.6 Å². The molecular formula is C29H42O6. The highest BCUT2D eigenvalue weighted by molar-refractivity contribution is 5.66. The molecule has 5 atom stereocenters. The average Bonchev–Trinajstić information content (AvgIpc) is 2.78. The van der Waals surface area contributed by atoms with Crippen LogP contribution in [0.4, 0.5) is 0 Å². The van der Waals surface area contributed by atoms with Gasteiger partial charge in [0.2, 0.25) is 0 Å². The van der Waals surface area contributed by atoms with Gasteiger partial charge in [-0.25, -0.2) is 4.79 Å². The third kappa shape index (κ3) is 5.13. The second kappa shape index (κ2) is 10.3. The fraction of sp³-hybridized carbons (Fsp3) is 0.655. The lowest BCUT2D eigenvalue weighted by molar-refractivity contribution is -0.178. The lowest BCUT2D eigenvalue weighted by Gasteiger charge is -2.61. The molecule has 6 heteroatoms. The van der Waals surface area contributed by atoms with Crippen molar-refractivity contribution in [2.75, 3.05) is 6.61 Å². The van der Waals surface area contributed by atoms with E-state index in [0.717, 1.165) is 49.7 Å². The van der Waals surface area contributed by atoms with E-state index in [0.29, 0.717) is 23.3 Å². The number of aryl methyl sites for hydroxylation is 1. The smallest absolute Gasteiger partial charge is 0.342 e. The molecule has 0 aliphatic heterocycles. The van der Waals surface area contributed by atoms with Gasteiger partial charge in [0.15, 0.2) is 0 Å². The lowest BCUT2D eigenvalue weighted by atomic mass is 9.45. The van der Waals surface area contributed by atoms with E-state index >= 15 is 0 Å². The Labute approximate surface area is 209 Å². The van der Waals surface area contributed by atoms with Crippen LogP contribution < -0.4 is 5.63 Å². The van der Waals surface area contributed by atoms with Gasteiger partial charge >= 0.3 is 11.6 Å². The Morgan fingerprint density at radius 2 is 1.94 bits per heavy atom. The van der Waals surface area contributed by atoms with Crippen LogP contribution in [0.15, 0.2) is 33.0 Å². The van der Waals surface area contributed by atoms with Crippen molar-refractivity contribution < 1.29 is 24.2 Å². The Morgan fingerprint density at radius 1 is 1.26 bits per heavy atom. The zero-order valence-corrected chi connectivity index (χ0v) is 22.2. The summed E-state index contributed by atoms with van der Waals surface area (Å²) in [4.78, 5) is 24.8. The second-order valence-electron chi connectivity index (χ2n) is 11.3. The molecule has 1 aromatic heterocycles. The first kappa shape index (κ1) is 27.3. The highest BCUT2D eigenvalue weighted by Gasteiger charge is 2.58. The largest absolute Gasteiger partial charge is 0.507 e. The number of aliphatic hydroxyl groups is 1. The minimum Gasteiger partial charge on any atom is -0.507 e. The van der Waals surface area contributed by atoms with E-state index in [2.05, 4.69) is 26.5 Å². The van der Waals surface area contributed by atoms with Crippen LogP contribution in [0.2, 0.25) is 0 Å². The van der Waals surface area contributed by atoms with E-state index in [1.165, 1.54) is 6.92 Å². The maximum atomic E-state index is 12.8. The van der Waals surface area contributed by atoms with Crippen molar-refractivity contribution in [1.29, 1.82) is 0 Å². The fourth-order valence-corrected chi connectivity index (χ4v) is 6.92. The highest BCUT2D eigenvalue weighted by atomic mass is 16.5. The van der Waals surface area contributed by atoms with Crippen LogP contribution in [0, 0.1) is 36.5 Å². The molecule has 2 fully saturated rings. The molecule has 2 N–H and O–H groups in total. The third-order valence-electron chi connectivity index (χ3n) is 9.12. The summed E-state index contributed by atoms with van der Waals surface area (Å²) in [5, 5.41) is 20.2. The first-order chi connectivity index (χ1) is 16.3. The van der Waals surface area contributed by atoms with Crippen molar-refractivity contribution in [2.24, 2.45) is 22.7 Å². The summed E-state index contributed by atoms with van der Waals surface area (Å²) < 4.78 is 11.3. The summed E-state index contributed by atoms with van der Waals surface area (Å²) in [6.45, 7) is 15.8. The summed E-state index contributed by atoms with van der Waals surface area (Å²) in [6, 6.07) is 0. The van der Waals surface area contributed by atoms with E-state index in [4.69, 9.17) is 9.15 Å². The van der Waals surface area contributed by atoms with Crippen LogP contribution in [0.5, 0.6) is 5.75 Å². The molecule has 2 aliphatic rings. The van der Waals surface area contributed by atoms with Crippen LogP contribution in [0.1, 0.15) is 83.1 Å². The number of aromatic hydroxyl groups is 1. The summed E-state index contributed by atoms with van der Waals surface area (Å²) in [5.74, 6) is 0.444. The SMILES string of the molecule is C=C1CCC2C(C)(CC/C=C(\C)CO)C(OC(C)=O)CCC2(C)C1Cc1c(O)c(C)c(C)oc1=O. The number of hydrogen-bond donors (Lipinski definition) is 2. The highest BCUT2D eigenvalue weighted by Crippen LogP contribution is 2.63. The molecule has 35 heavy (non-hydrogen) atoms. The standard InChI is InChI=1S/C29H42O6/c1-17(16-30)9-8-13-29(7)24-11-10-18(2)23(28(24,6)14-12-25(29)35-21(5)31)15-22-26(32)19(3)20(4)34-27(22)33/h9,23-25,30,32H,2,8,10-16H2,1,3-7H3/b17-9+. The van der Waals surface area contributed by atoms with E-state index < -0.39 is 5.63 Å². The van der Waals surface area contributed by atoms with Gasteiger partial charge in [0.05, 0.1) is 12.2 Å². The van der Waals surface area contributed by atoms with Gasteiger partial charge in [-0.05, 0) is 83.0 Å². The van der Waals surface area contributed by atoms with Crippen LogP contribution in [-0.4, -0.2) is 28.9 Å². The maximum Gasteiger partial charge on any atom is 0.342 e. The maximum absolute atomic E-state index is 12.8. The van der Waals surface area contributed by atoms with Crippen molar-refractivity contribution in [3.05, 3.63) is 51.1 Å². The van der Waals surface area contributed by atoms with E-state index in [-0.39, 0.29) is 47.1 Å². The normalized spacial score (nSPS) is 31.2. The first-order valence-electron chi connectivity index (χ1n) is 12.8. The summed E-state index contributed by atoms with van der Waals surface area (Å²) in [7, 11) is 0. The van der Waals surface area contributed by atoms with Gasteiger partial charge in [-0.3, -0.25) is 4.79 Å². The fourth-order valence-electron chi connectivity index (χ4n) is 6.92. The molecule has 0 amide bonds. The molecule has 2 aliphatic carbocycles. The number of aliphatic hydroxyl groups excluding tert-OH is 1. The van der Waals surface area contributed by atoms with Crippen LogP contribution in [-0.2, 0) is 16.0 Å². The van der Waals surface area contributed by atoms with Crippen LogP contribution in [0.3, 0.4) is 0 Å². The number of esters is 1. The van der Waals surface area contributed by atoms with Crippen molar-refractivity contribution >= 4 is 5.97 Å². The van der Waals surface area contributed by atoms with Gasteiger partial charge < -0.3 is 19.4 Å². The number of ether oxygens (including phenoxy) is 1. The molecule has 0 bridgehead atoms. The van der Waals surface area contributed by atoms with Crippen LogP contribution >= 0.6 is 0 Å². The number of carbonyl (C=O) groups is 1. The molecule has 1 aromatic rings. The van der Waals surface area contributed by atoms with Gasteiger partial charge in [-0.15, -0.1) is 0 Å². The Balaban J connectivity index is 2.01. The molecular weight excluding hydrogens is 444 g/mol. The molecule has 5 unspecified atom stereocenters. The zero-order valence-electron chi connectivity index (χ0n) is 22.2. The minimum atomic E-state index is -0.481. The van der Waals surface area contributed by atoms with Crippen molar-refractivity contribution in [2.45, 2.75) is 92.6 Å². The van der Waals surface area contributed by atoms with Crippen molar-refractivity contribution in [3.8, 4) is 5.75 Å². The zero-order chi connectivity index (χ0) is 26.1. The molecule has 3 rings (SSSR count). The number of carbonyl (C=O) groups excluding carboxylic acids is 1. The topological polar surface area (TPSA) is 97.0 Å². The van der Waals surface area contributed by atoms with Gasteiger partial charge in [0, 0.05) is 17.9 Å². The Hall–Kier alpha value is -2.34. The van der Waals surface area contributed by atoms with E-state index in [9.17, 15) is 19.8 Å². The Kier molecular flexibility index (Phi) is 8.05. The summed E-state index contributed by atoms with van der Waals surface area (Å²) >= 11 is 0. The monoisotopic (exact) mass is 486 g/mol. The quantitative estimate of drug-likeness (QED) is 0.388. The predicted octanol–water partition coefficient (Wildman–Crippen LogP) is 5.54. The average molecular weight is 487 g/mol.